The Morgan fingerprint density at radius 2 is 2.44 bits per heavy atom. The second kappa shape index (κ2) is 4.82. The van der Waals surface area contributed by atoms with Gasteiger partial charge in [0.05, 0.1) is 7.11 Å². The van der Waals surface area contributed by atoms with Gasteiger partial charge in [0.1, 0.15) is 6.54 Å². The van der Waals surface area contributed by atoms with Gasteiger partial charge in [-0.1, -0.05) is 17.7 Å². The number of fused-ring (bicyclic) bond motifs is 1. The molecule has 1 amide bonds. The van der Waals surface area contributed by atoms with Crippen molar-refractivity contribution >= 4 is 23.2 Å². The maximum absolute atomic E-state index is 11.8. The average Bonchev–Trinajstić information content (AvgIpc) is 2.68. The Kier molecular flexibility index (Phi) is 3.43. The Labute approximate surface area is 99.1 Å². The molecular weight excluding hydrogens is 228 g/mol. The number of carbonyl (C=O) groups is 1. The van der Waals surface area contributed by atoms with Gasteiger partial charge in [0.2, 0.25) is 5.91 Å². The highest BCUT2D eigenvalue weighted by molar-refractivity contribution is 6.31. The van der Waals surface area contributed by atoms with Crippen molar-refractivity contribution < 1.29 is 9.63 Å². The van der Waals surface area contributed by atoms with Crippen LogP contribution in [-0.2, 0) is 16.1 Å². The molecule has 4 nitrogen and oxygen atoms in total. The van der Waals surface area contributed by atoms with Crippen molar-refractivity contribution in [3.05, 3.63) is 28.8 Å². The Morgan fingerprint density at radius 1 is 1.62 bits per heavy atom. The van der Waals surface area contributed by atoms with Crippen LogP contribution >= 0.6 is 11.6 Å². The lowest BCUT2D eigenvalue weighted by Crippen LogP contribution is -2.36. The summed E-state index contributed by atoms with van der Waals surface area (Å²) in [5, 5.41) is 0.651. The van der Waals surface area contributed by atoms with E-state index in [1.807, 2.05) is 18.2 Å². The summed E-state index contributed by atoms with van der Waals surface area (Å²) in [5.74, 6) is -0.0112. The monoisotopic (exact) mass is 240 g/mol. The number of benzene rings is 1. The molecule has 1 aliphatic rings. The predicted octanol–water partition coefficient (Wildman–Crippen LogP) is 1.38. The van der Waals surface area contributed by atoms with E-state index < -0.39 is 0 Å². The molecule has 0 fully saturated rings. The Balaban J connectivity index is 2.16. The minimum atomic E-state index is -0.0112. The number of hydroxylamine groups is 1. The number of carbonyl (C=O) groups excluding carboxylic acids is 1. The molecule has 1 aromatic carbocycles. The summed E-state index contributed by atoms with van der Waals surface area (Å²) < 4.78 is 0. The van der Waals surface area contributed by atoms with Crippen LogP contribution in [0.3, 0.4) is 0 Å². The molecule has 5 heteroatoms. The van der Waals surface area contributed by atoms with Gasteiger partial charge in [-0.15, -0.1) is 0 Å². The zero-order valence-corrected chi connectivity index (χ0v) is 9.75. The van der Waals surface area contributed by atoms with E-state index in [2.05, 4.69) is 10.3 Å². The minimum absolute atomic E-state index is 0.0112. The van der Waals surface area contributed by atoms with Crippen molar-refractivity contribution in [1.82, 2.24) is 5.48 Å². The van der Waals surface area contributed by atoms with Crippen molar-refractivity contribution in [3.8, 4) is 0 Å². The van der Waals surface area contributed by atoms with Crippen LogP contribution in [0.5, 0.6) is 0 Å². The van der Waals surface area contributed by atoms with Crippen LogP contribution in [0, 0.1) is 0 Å². The number of hydrogen-bond donors (Lipinski definition) is 1. The number of nitrogens with one attached hydrogen (secondary N) is 1. The summed E-state index contributed by atoms with van der Waals surface area (Å²) in [6, 6.07) is 5.64. The number of halogens is 1. The lowest BCUT2D eigenvalue weighted by molar-refractivity contribution is -0.119. The summed E-state index contributed by atoms with van der Waals surface area (Å²) >= 11 is 5.92. The Bertz CT molecular complexity index is 409. The van der Waals surface area contributed by atoms with Crippen LogP contribution in [-0.4, -0.2) is 26.1 Å². The van der Waals surface area contributed by atoms with E-state index in [1.54, 1.807) is 4.90 Å². The maximum atomic E-state index is 11.8. The molecule has 0 aromatic heterocycles. The summed E-state index contributed by atoms with van der Waals surface area (Å²) in [5.41, 5.74) is 4.62. The number of rotatable bonds is 3. The molecule has 0 saturated heterocycles. The van der Waals surface area contributed by atoms with E-state index in [0.29, 0.717) is 11.6 Å². The molecule has 0 radical (unpaired) electrons. The predicted molar refractivity (Wildman–Crippen MR) is 62.5 cm³/mol. The molecule has 1 N–H and O–H groups in total. The van der Waals surface area contributed by atoms with Crippen LogP contribution < -0.4 is 10.4 Å². The zero-order valence-electron chi connectivity index (χ0n) is 9.00. The highest BCUT2D eigenvalue weighted by Crippen LogP contribution is 2.30. The third-order valence-electron chi connectivity index (χ3n) is 2.61. The highest BCUT2D eigenvalue weighted by atomic mass is 35.5. The van der Waals surface area contributed by atoms with E-state index in [9.17, 15) is 4.79 Å². The molecule has 1 aliphatic heterocycles. The summed E-state index contributed by atoms with van der Waals surface area (Å²) in [4.78, 5) is 18.2. The average molecular weight is 241 g/mol. The van der Waals surface area contributed by atoms with Gasteiger partial charge in [-0.05, 0) is 24.1 Å². The van der Waals surface area contributed by atoms with Gasteiger partial charge in [0.15, 0.2) is 0 Å². The van der Waals surface area contributed by atoms with Crippen LogP contribution in [0.2, 0.25) is 5.02 Å². The third-order valence-corrected chi connectivity index (χ3v) is 2.85. The number of hydrogen-bond acceptors (Lipinski definition) is 3. The standard InChI is InChI=1S/C11H13ClN2O2/c1-16-13-7-11(15)14-5-4-8-2-3-9(12)6-10(8)14/h2-3,6,13H,4-5,7H2,1H3. The molecular formula is C11H13ClN2O2. The van der Waals surface area contributed by atoms with E-state index in [-0.39, 0.29) is 12.5 Å². The molecule has 2 rings (SSSR count). The van der Waals surface area contributed by atoms with Gasteiger partial charge in [0, 0.05) is 17.3 Å². The van der Waals surface area contributed by atoms with Crippen LogP contribution in [0.15, 0.2) is 18.2 Å². The first-order chi connectivity index (χ1) is 7.72. The van der Waals surface area contributed by atoms with Gasteiger partial charge >= 0.3 is 0 Å². The molecule has 0 spiro atoms. The van der Waals surface area contributed by atoms with Gasteiger partial charge in [-0.2, -0.15) is 5.48 Å². The largest absolute Gasteiger partial charge is 0.311 e. The first kappa shape index (κ1) is 11.4. The maximum Gasteiger partial charge on any atom is 0.243 e. The van der Waals surface area contributed by atoms with E-state index in [4.69, 9.17) is 11.6 Å². The van der Waals surface area contributed by atoms with Gasteiger partial charge in [-0.3, -0.25) is 4.79 Å². The van der Waals surface area contributed by atoms with Crippen LogP contribution in [0.4, 0.5) is 5.69 Å². The molecule has 0 aliphatic carbocycles. The fourth-order valence-electron chi connectivity index (χ4n) is 1.84. The topological polar surface area (TPSA) is 41.6 Å². The Hall–Kier alpha value is -1.10. The van der Waals surface area contributed by atoms with Gasteiger partial charge in [-0.25, -0.2) is 0 Å². The fraction of sp³-hybridized carbons (Fsp3) is 0.364. The van der Waals surface area contributed by atoms with Crippen LogP contribution in [0.25, 0.3) is 0 Å². The first-order valence-corrected chi connectivity index (χ1v) is 5.45. The molecule has 0 atom stereocenters. The van der Waals surface area contributed by atoms with Crippen molar-refractivity contribution in [2.45, 2.75) is 6.42 Å². The van der Waals surface area contributed by atoms with Crippen LogP contribution in [0.1, 0.15) is 5.56 Å². The summed E-state index contributed by atoms with van der Waals surface area (Å²) in [7, 11) is 1.49. The smallest absolute Gasteiger partial charge is 0.243 e. The van der Waals surface area contributed by atoms with Crippen molar-refractivity contribution in [2.24, 2.45) is 0 Å². The van der Waals surface area contributed by atoms with Crippen molar-refractivity contribution in [3.63, 3.8) is 0 Å². The SMILES string of the molecule is CONCC(=O)N1CCc2ccc(Cl)cc21. The molecule has 0 bridgehead atoms. The minimum Gasteiger partial charge on any atom is -0.311 e. The summed E-state index contributed by atoms with van der Waals surface area (Å²) in [6.07, 6.45) is 0.880. The summed E-state index contributed by atoms with van der Waals surface area (Å²) in [6.45, 7) is 0.877. The fourth-order valence-corrected chi connectivity index (χ4v) is 2.01. The molecule has 86 valence electrons. The zero-order chi connectivity index (χ0) is 11.5. The molecule has 0 saturated carbocycles. The van der Waals surface area contributed by atoms with E-state index in [0.717, 1.165) is 17.7 Å². The molecule has 16 heavy (non-hydrogen) atoms. The second-order valence-electron chi connectivity index (χ2n) is 3.59. The van der Waals surface area contributed by atoms with Gasteiger partial charge in [0.25, 0.3) is 0 Å². The lowest BCUT2D eigenvalue weighted by Gasteiger charge is -2.17. The normalized spacial score (nSPS) is 14.0. The quantitative estimate of drug-likeness (QED) is 0.812. The molecule has 0 unspecified atom stereocenters. The number of amides is 1. The van der Waals surface area contributed by atoms with Gasteiger partial charge < -0.3 is 9.74 Å². The van der Waals surface area contributed by atoms with Crippen molar-refractivity contribution in [2.75, 3.05) is 25.1 Å². The third kappa shape index (κ3) is 2.19. The Morgan fingerprint density at radius 3 is 3.19 bits per heavy atom. The lowest BCUT2D eigenvalue weighted by atomic mass is 10.2. The van der Waals surface area contributed by atoms with Crippen molar-refractivity contribution in [1.29, 1.82) is 0 Å². The highest BCUT2D eigenvalue weighted by Gasteiger charge is 2.24. The van der Waals surface area contributed by atoms with E-state index in [1.165, 1.54) is 7.11 Å². The van der Waals surface area contributed by atoms with E-state index >= 15 is 0 Å². The molecule has 1 aromatic rings. The number of anilines is 1. The second-order valence-corrected chi connectivity index (χ2v) is 4.03. The molecule has 1 heterocycles. The first-order valence-electron chi connectivity index (χ1n) is 5.07. The number of nitrogens with zero attached hydrogens (tertiary/aromatic N) is 1.